The van der Waals surface area contributed by atoms with Crippen LogP contribution in [0.2, 0.25) is 0 Å². The Labute approximate surface area is 201 Å². The summed E-state index contributed by atoms with van der Waals surface area (Å²) in [5, 5.41) is 0. The Balaban J connectivity index is 1.45. The molecule has 34 heavy (non-hydrogen) atoms. The summed E-state index contributed by atoms with van der Waals surface area (Å²) < 4.78 is 11.7. The lowest BCUT2D eigenvalue weighted by Crippen LogP contribution is -2.27. The van der Waals surface area contributed by atoms with Gasteiger partial charge >= 0.3 is 0 Å². The molecular weight excluding hydrogens is 424 g/mol. The Morgan fingerprint density at radius 1 is 0.794 bits per heavy atom. The molecule has 2 aromatic carbocycles. The van der Waals surface area contributed by atoms with Gasteiger partial charge in [-0.15, -0.1) is 0 Å². The Morgan fingerprint density at radius 2 is 1.50 bits per heavy atom. The maximum atomic E-state index is 5.90. The molecule has 2 heterocycles. The second-order valence-corrected chi connectivity index (χ2v) is 7.91. The van der Waals surface area contributed by atoms with Gasteiger partial charge in [0.15, 0.2) is 5.82 Å². The predicted octanol–water partition coefficient (Wildman–Crippen LogP) is 6.03. The highest BCUT2D eigenvalue weighted by Gasteiger charge is 2.09. The van der Waals surface area contributed by atoms with Crippen molar-refractivity contribution in [2.45, 2.75) is 20.8 Å². The van der Waals surface area contributed by atoms with Gasteiger partial charge in [-0.1, -0.05) is 19.9 Å². The molecule has 0 atom stereocenters. The molecule has 4 aromatic rings. The average molecular weight is 455 g/mol. The second kappa shape index (κ2) is 11.4. The first-order valence-corrected chi connectivity index (χ1v) is 11.6. The zero-order valence-corrected chi connectivity index (χ0v) is 19.9. The summed E-state index contributed by atoms with van der Waals surface area (Å²) in [5.74, 6) is 2.84. The van der Waals surface area contributed by atoms with Gasteiger partial charge in [-0.25, -0.2) is 15.0 Å². The van der Waals surface area contributed by atoms with E-state index in [0.29, 0.717) is 18.3 Å². The molecule has 0 saturated heterocycles. The number of aryl methyl sites for hydroxylation is 1. The minimum absolute atomic E-state index is 0.566. The van der Waals surface area contributed by atoms with Crippen molar-refractivity contribution in [2.75, 3.05) is 26.2 Å². The smallest absolute Gasteiger partial charge is 0.219 e. The topological polar surface area (TPSA) is 60.4 Å². The maximum absolute atomic E-state index is 5.90. The predicted molar refractivity (Wildman–Crippen MR) is 135 cm³/mol. The lowest BCUT2D eigenvalue weighted by molar-refractivity contribution is 0.223. The lowest BCUT2D eigenvalue weighted by Gasteiger charge is -2.18. The number of benzene rings is 2. The summed E-state index contributed by atoms with van der Waals surface area (Å²) in [6, 6.07) is 23.4. The van der Waals surface area contributed by atoms with Gasteiger partial charge in [0.2, 0.25) is 5.88 Å². The number of likely N-dealkylation sites (N-methyl/N-ethyl adjacent to an activating group) is 1. The minimum atomic E-state index is 0.566. The van der Waals surface area contributed by atoms with E-state index in [4.69, 9.17) is 14.5 Å². The van der Waals surface area contributed by atoms with Crippen molar-refractivity contribution >= 4 is 0 Å². The number of rotatable bonds is 10. The first kappa shape index (κ1) is 23.4. The normalized spacial score (nSPS) is 10.9. The molecule has 0 unspecified atom stereocenters. The molecule has 2 aromatic heterocycles. The van der Waals surface area contributed by atoms with Crippen molar-refractivity contribution < 1.29 is 9.47 Å². The fourth-order valence-electron chi connectivity index (χ4n) is 3.60. The summed E-state index contributed by atoms with van der Waals surface area (Å²) in [6.07, 6.45) is 1.71. The number of nitrogens with zero attached hydrogens (tertiary/aromatic N) is 4. The van der Waals surface area contributed by atoms with E-state index in [-0.39, 0.29) is 0 Å². The lowest BCUT2D eigenvalue weighted by atomic mass is 10.1. The SMILES string of the molecule is CCN(CC)CCOc1ccc(-c2nc(C)cc(-c3ccc(Oc4ccccn4)cc3)n2)cc1. The summed E-state index contributed by atoms with van der Waals surface area (Å²) in [4.78, 5) is 16.0. The van der Waals surface area contributed by atoms with Gasteiger partial charge in [-0.2, -0.15) is 0 Å². The van der Waals surface area contributed by atoms with Crippen molar-refractivity contribution in [3.05, 3.63) is 84.7 Å². The van der Waals surface area contributed by atoms with Crippen LogP contribution in [-0.4, -0.2) is 46.1 Å². The van der Waals surface area contributed by atoms with Crippen LogP contribution >= 0.6 is 0 Å². The molecule has 0 aliphatic carbocycles. The highest BCUT2D eigenvalue weighted by atomic mass is 16.5. The Morgan fingerprint density at radius 3 is 2.18 bits per heavy atom. The number of aromatic nitrogens is 3. The van der Waals surface area contributed by atoms with Crippen molar-refractivity contribution in [3.8, 4) is 40.0 Å². The molecule has 0 fully saturated rings. The first-order valence-electron chi connectivity index (χ1n) is 11.6. The molecule has 4 rings (SSSR count). The fourth-order valence-corrected chi connectivity index (χ4v) is 3.60. The van der Waals surface area contributed by atoms with Crippen molar-refractivity contribution in [2.24, 2.45) is 0 Å². The molecule has 0 N–H and O–H groups in total. The van der Waals surface area contributed by atoms with Gasteiger partial charge < -0.3 is 14.4 Å². The molecule has 0 radical (unpaired) electrons. The summed E-state index contributed by atoms with van der Waals surface area (Å²) in [7, 11) is 0. The van der Waals surface area contributed by atoms with E-state index in [0.717, 1.165) is 53.6 Å². The van der Waals surface area contributed by atoms with Crippen LogP contribution in [-0.2, 0) is 0 Å². The van der Waals surface area contributed by atoms with Gasteiger partial charge in [-0.05, 0) is 80.7 Å². The first-order chi connectivity index (χ1) is 16.6. The van der Waals surface area contributed by atoms with E-state index in [1.54, 1.807) is 6.20 Å². The van der Waals surface area contributed by atoms with E-state index in [2.05, 4.69) is 28.7 Å². The average Bonchev–Trinajstić information content (AvgIpc) is 2.88. The molecule has 174 valence electrons. The number of hydrogen-bond donors (Lipinski definition) is 0. The molecular formula is C28H30N4O2. The molecule has 0 saturated carbocycles. The number of ether oxygens (including phenoxy) is 2. The maximum Gasteiger partial charge on any atom is 0.219 e. The molecule has 0 aliphatic rings. The zero-order chi connectivity index (χ0) is 23.8. The Hall–Kier alpha value is -3.77. The number of pyridine rings is 1. The molecule has 0 amide bonds. The van der Waals surface area contributed by atoms with E-state index in [1.165, 1.54) is 0 Å². The number of hydrogen-bond acceptors (Lipinski definition) is 6. The quantitative estimate of drug-likeness (QED) is 0.292. The van der Waals surface area contributed by atoms with E-state index in [9.17, 15) is 0 Å². The van der Waals surface area contributed by atoms with Gasteiger partial charge in [-0.3, -0.25) is 0 Å². The van der Waals surface area contributed by atoms with Crippen molar-refractivity contribution in [1.29, 1.82) is 0 Å². The Bertz CT molecular complexity index is 1180. The molecule has 0 spiro atoms. The largest absolute Gasteiger partial charge is 0.492 e. The Kier molecular flexibility index (Phi) is 7.83. The molecule has 0 bridgehead atoms. The highest BCUT2D eigenvalue weighted by Crippen LogP contribution is 2.27. The van der Waals surface area contributed by atoms with E-state index >= 15 is 0 Å². The van der Waals surface area contributed by atoms with E-state index < -0.39 is 0 Å². The summed E-state index contributed by atoms with van der Waals surface area (Å²) in [6.45, 7) is 9.98. The minimum Gasteiger partial charge on any atom is -0.492 e. The summed E-state index contributed by atoms with van der Waals surface area (Å²) >= 11 is 0. The third kappa shape index (κ3) is 6.17. The van der Waals surface area contributed by atoms with Gasteiger partial charge in [0.1, 0.15) is 18.1 Å². The standard InChI is InChI=1S/C28H30N4O2/c1-4-32(5-2)18-19-33-24-13-11-23(12-14-24)28-30-21(3)20-26(31-28)22-9-15-25(16-10-22)34-27-8-6-7-17-29-27/h6-17,20H,4-5,18-19H2,1-3H3. The van der Waals surface area contributed by atoms with Crippen LogP contribution in [0, 0.1) is 6.92 Å². The van der Waals surface area contributed by atoms with Crippen LogP contribution in [0.3, 0.4) is 0 Å². The third-order valence-electron chi connectivity index (χ3n) is 5.55. The van der Waals surface area contributed by atoms with Crippen LogP contribution in [0.15, 0.2) is 79.0 Å². The van der Waals surface area contributed by atoms with Crippen LogP contribution in [0.4, 0.5) is 0 Å². The summed E-state index contributed by atoms with van der Waals surface area (Å²) in [5.41, 5.74) is 3.73. The fraction of sp³-hybridized carbons (Fsp3) is 0.250. The zero-order valence-electron chi connectivity index (χ0n) is 19.9. The third-order valence-corrected chi connectivity index (χ3v) is 5.55. The van der Waals surface area contributed by atoms with Crippen LogP contribution in [0.1, 0.15) is 19.5 Å². The molecule has 6 nitrogen and oxygen atoms in total. The van der Waals surface area contributed by atoms with E-state index in [1.807, 2.05) is 79.7 Å². The van der Waals surface area contributed by atoms with Gasteiger partial charge in [0, 0.05) is 35.6 Å². The van der Waals surface area contributed by atoms with Crippen LogP contribution in [0.5, 0.6) is 17.4 Å². The van der Waals surface area contributed by atoms with Gasteiger partial charge in [0.25, 0.3) is 0 Å². The highest BCUT2D eigenvalue weighted by molar-refractivity contribution is 5.65. The van der Waals surface area contributed by atoms with Gasteiger partial charge in [0.05, 0.1) is 5.69 Å². The monoisotopic (exact) mass is 454 g/mol. The van der Waals surface area contributed by atoms with Crippen LogP contribution < -0.4 is 9.47 Å². The van der Waals surface area contributed by atoms with Crippen molar-refractivity contribution in [3.63, 3.8) is 0 Å². The molecule has 6 heteroatoms. The van der Waals surface area contributed by atoms with Crippen molar-refractivity contribution in [1.82, 2.24) is 19.9 Å². The second-order valence-electron chi connectivity index (χ2n) is 7.91. The van der Waals surface area contributed by atoms with Crippen LogP contribution in [0.25, 0.3) is 22.6 Å². The molecule has 0 aliphatic heterocycles.